The van der Waals surface area contributed by atoms with Gasteiger partial charge >= 0.3 is 0 Å². The lowest BCUT2D eigenvalue weighted by molar-refractivity contribution is 0.704. The van der Waals surface area contributed by atoms with Crippen molar-refractivity contribution in [3.05, 3.63) is 29.9 Å². The maximum atomic E-state index is 5.93. The first-order chi connectivity index (χ1) is 9.60. The predicted molar refractivity (Wildman–Crippen MR) is 84.9 cm³/mol. The number of anilines is 1. The molecule has 0 radical (unpaired) electrons. The van der Waals surface area contributed by atoms with E-state index in [9.17, 15) is 0 Å². The maximum Gasteiger partial charge on any atom is 0.136 e. The monoisotopic (exact) mass is 275 g/mol. The summed E-state index contributed by atoms with van der Waals surface area (Å²) in [4.78, 5) is 12.6. The largest absolute Gasteiger partial charge is 0.389 e. The smallest absolute Gasteiger partial charge is 0.136 e. The lowest BCUT2D eigenvalue weighted by atomic mass is 10.0. The highest BCUT2D eigenvalue weighted by molar-refractivity contribution is 6.04. The Bertz CT molecular complexity index is 459. The lowest BCUT2D eigenvalue weighted by Crippen LogP contribution is -2.16. The molecule has 0 aliphatic heterocycles. The van der Waals surface area contributed by atoms with Crippen molar-refractivity contribution >= 4 is 11.5 Å². The van der Waals surface area contributed by atoms with E-state index in [0.717, 1.165) is 54.9 Å². The molecule has 0 fully saturated rings. The Morgan fingerprint density at radius 2 is 2.15 bits per heavy atom. The van der Waals surface area contributed by atoms with Crippen LogP contribution >= 0.6 is 0 Å². The predicted octanol–water partition coefficient (Wildman–Crippen LogP) is 2.47. The summed E-state index contributed by atoms with van der Waals surface area (Å²) in [7, 11) is 1.78. The summed E-state index contributed by atoms with van der Waals surface area (Å²) in [5.41, 5.74) is 9.74. The Kier molecular flexibility index (Phi) is 6.70. The molecule has 1 aromatic rings. The maximum absolute atomic E-state index is 5.93. The zero-order valence-corrected chi connectivity index (χ0v) is 12.7. The van der Waals surface area contributed by atoms with E-state index in [1.54, 1.807) is 7.05 Å². The molecule has 0 aromatic carbocycles. The molecule has 0 saturated carbocycles. The van der Waals surface area contributed by atoms with Crippen molar-refractivity contribution in [3.63, 3.8) is 0 Å². The highest BCUT2D eigenvalue weighted by atomic mass is 14.9. The van der Waals surface area contributed by atoms with E-state index in [2.05, 4.69) is 33.8 Å². The highest BCUT2D eigenvalue weighted by Gasteiger charge is 2.11. The molecule has 1 heterocycles. The van der Waals surface area contributed by atoms with Gasteiger partial charge in [0.05, 0.1) is 11.3 Å². The van der Waals surface area contributed by atoms with Crippen LogP contribution in [0.15, 0.2) is 23.6 Å². The summed E-state index contributed by atoms with van der Waals surface area (Å²) < 4.78 is 0. The Hall–Kier alpha value is -1.91. The van der Waals surface area contributed by atoms with Crippen LogP contribution in [0.1, 0.15) is 43.9 Å². The number of nitrogens with one attached hydrogen (secondary N) is 1. The fourth-order valence-electron chi connectivity index (χ4n) is 2.11. The van der Waals surface area contributed by atoms with E-state index in [1.807, 2.05) is 6.92 Å². The summed E-state index contributed by atoms with van der Waals surface area (Å²) in [5, 5.41) is 3.33. The van der Waals surface area contributed by atoms with Gasteiger partial charge in [-0.25, -0.2) is 9.97 Å². The van der Waals surface area contributed by atoms with Gasteiger partial charge in [0.1, 0.15) is 12.1 Å². The standard InChI is InChI=1S/C15H25N5/c1-5-7-11(2)18-9-6-8-13(17-4)14-12(3)19-10-20-15(14)16/h10,18H,2,5-9H2,1,3-4H3,(H2,16,19,20). The third-order valence-corrected chi connectivity index (χ3v) is 3.14. The molecule has 0 aliphatic carbocycles. The fourth-order valence-corrected chi connectivity index (χ4v) is 2.11. The molecule has 5 nitrogen and oxygen atoms in total. The van der Waals surface area contributed by atoms with Crippen LogP contribution in [-0.4, -0.2) is 29.3 Å². The molecule has 3 N–H and O–H groups in total. The molecule has 0 atom stereocenters. The van der Waals surface area contributed by atoms with Gasteiger partial charge in [-0.3, -0.25) is 4.99 Å². The molecule has 110 valence electrons. The molecule has 1 rings (SSSR count). The van der Waals surface area contributed by atoms with E-state index in [-0.39, 0.29) is 0 Å². The zero-order chi connectivity index (χ0) is 15.0. The fraction of sp³-hybridized carbons (Fsp3) is 0.533. The van der Waals surface area contributed by atoms with Crippen molar-refractivity contribution in [2.75, 3.05) is 19.3 Å². The molecule has 0 spiro atoms. The third kappa shape index (κ3) is 4.64. The van der Waals surface area contributed by atoms with Crippen molar-refractivity contribution < 1.29 is 0 Å². The molecule has 0 saturated heterocycles. The first kappa shape index (κ1) is 16.1. The molecule has 0 unspecified atom stereocenters. The topological polar surface area (TPSA) is 76.2 Å². The number of rotatable bonds is 8. The highest BCUT2D eigenvalue weighted by Crippen LogP contribution is 2.15. The number of allylic oxidation sites excluding steroid dienone is 1. The van der Waals surface area contributed by atoms with Gasteiger partial charge in [0.2, 0.25) is 0 Å². The summed E-state index contributed by atoms with van der Waals surface area (Å²) in [6, 6.07) is 0. The third-order valence-electron chi connectivity index (χ3n) is 3.14. The van der Waals surface area contributed by atoms with Gasteiger partial charge in [-0.15, -0.1) is 0 Å². The van der Waals surface area contributed by atoms with Crippen molar-refractivity contribution in [1.29, 1.82) is 0 Å². The van der Waals surface area contributed by atoms with Crippen molar-refractivity contribution in [2.24, 2.45) is 4.99 Å². The first-order valence-electron chi connectivity index (χ1n) is 7.04. The van der Waals surface area contributed by atoms with Crippen molar-refractivity contribution in [2.45, 2.75) is 39.5 Å². The van der Waals surface area contributed by atoms with Crippen LogP contribution in [0.5, 0.6) is 0 Å². The van der Waals surface area contributed by atoms with E-state index in [0.29, 0.717) is 5.82 Å². The average Bonchev–Trinajstić information content (AvgIpc) is 2.41. The summed E-state index contributed by atoms with van der Waals surface area (Å²) in [5.74, 6) is 0.501. The normalized spacial score (nSPS) is 11.4. The molecule has 20 heavy (non-hydrogen) atoms. The first-order valence-corrected chi connectivity index (χ1v) is 7.04. The Morgan fingerprint density at radius 1 is 1.40 bits per heavy atom. The van der Waals surface area contributed by atoms with Gasteiger partial charge in [-0.05, 0) is 26.2 Å². The van der Waals surface area contributed by atoms with Crippen molar-refractivity contribution in [3.8, 4) is 0 Å². The average molecular weight is 275 g/mol. The summed E-state index contributed by atoms with van der Waals surface area (Å²) in [6.07, 6.45) is 5.44. The molecule has 0 bridgehead atoms. The number of nitrogens with two attached hydrogens (primary N) is 1. The zero-order valence-electron chi connectivity index (χ0n) is 12.7. The van der Waals surface area contributed by atoms with E-state index in [1.165, 1.54) is 6.33 Å². The molecule has 5 heteroatoms. The van der Waals surface area contributed by atoms with Crippen LogP contribution in [0.25, 0.3) is 0 Å². The van der Waals surface area contributed by atoms with Crippen LogP contribution < -0.4 is 11.1 Å². The van der Waals surface area contributed by atoms with Crippen molar-refractivity contribution in [1.82, 2.24) is 15.3 Å². The number of aromatic nitrogens is 2. The molecular weight excluding hydrogens is 250 g/mol. The van der Waals surface area contributed by atoms with Crippen LogP contribution in [0.3, 0.4) is 0 Å². The van der Waals surface area contributed by atoms with Gasteiger partial charge in [0.15, 0.2) is 0 Å². The van der Waals surface area contributed by atoms with E-state index in [4.69, 9.17) is 5.73 Å². The van der Waals surface area contributed by atoms with Crippen LogP contribution in [-0.2, 0) is 0 Å². The molecule has 0 amide bonds. The number of aryl methyl sites for hydroxylation is 1. The van der Waals surface area contributed by atoms with Crippen LogP contribution in [0.4, 0.5) is 5.82 Å². The van der Waals surface area contributed by atoms with E-state index < -0.39 is 0 Å². The Morgan fingerprint density at radius 3 is 2.75 bits per heavy atom. The van der Waals surface area contributed by atoms with E-state index >= 15 is 0 Å². The summed E-state index contributed by atoms with van der Waals surface area (Å²) >= 11 is 0. The second-order valence-electron chi connectivity index (χ2n) is 4.77. The Balaban J connectivity index is 2.55. The molecule has 1 aromatic heterocycles. The number of aliphatic imine (C=N–C) groups is 1. The molecular formula is C15H25N5. The van der Waals surface area contributed by atoms with Gasteiger partial charge < -0.3 is 11.1 Å². The minimum Gasteiger partial charge on any atom is -0.389 e. The van der Waals surface area contributed by atoms with Gasteiger partial charge in [0.25, 0.3) is 0 Å². The minimum absolute atomic E-state index is 0.501. The SMILES string of the molecule is C=C(CCC)NCCCC(=NC)c1c(C)ncnc1N. The minimum atomic E-state index is 0.501. The second kappa shape index (κ2) is 8.30. The second-order valence-corrected chi connectivity index (χ2v) is 4.77. The van der Waals surface area contributed by atoms with Gasteiger partial charge in [-0.1, -0.05) is 19.9 Å². The van der Waals surface area contributed by atoms with Crippen LogP contribution in [0, 0.1) is 6.92 Å². The Labute approximate surface area is 121 Å². The number of hydrogen-bond donors (Lipinski definition) is 2. The lowest BCUT2D eigenvalue weighted by Gasteiger charge is -2.12. The van der Waals surface area contributed by atoms with Gasteiger partial charge in [-0.2, -0.15) is 0 Å². The van der Waals surface area contributed by atoms with Gasteiger partial charge in [0, 0.05) is 25.0 Å². The van der Waals surface area contributed by atoms with Crippen LogP contribution in [0.2, 0.25) is 0 Å². The number of hydrogen-bond acceptors (Lipinski definition) is 5. The summed E-state index contributed by atoms with van der Waals surface area (Å²) in [6.45, 7) is 8.96. The number of nitrogen functional groups attached to an aromatic ring is 1. The number of nitrogens with zero attached hydrogens (tertiary/aromatic N) is 3. The molecule has 0 aliphatic rings. The quantitative estimate of drug-likeness (QED) is 0.564.